The van der Waals surface area contributed by atoms with E-state index in [1.54, 1.807) is 4.90 Å². The minimum atomic E-state index is -4.55. The van der Waals surface area contributed by atoms with Gasteiger partial charge in [0.2, 0.25) is 0 Å². The van der Waals surface area contributed by atoms with Crippen molar-refractivity contribution in [3.8, 4) is 0 Å². The van der Waals surface area contributed by atoms with E-state index in [0.29, 0.717) is 6.54 Å². The van der Waals surface area contributed by atoms with Crippen LogP contribution in [0, 0.1) is 0 Å². The zero-order valence-electron chi connectivity index (χ0n) is 9.54. The van der Waals surface area contributed by atoms with Crippen molar-refractivity contribution in [2.75, 3.05) is 13.1 Å². The van der Waals surface area contributed by atoms with Crippen LogP contribution >= 0.6 is 15.9 Å². The Morgan fingerprint density at radius 3 is 2.39 bits per heavy atom. The highest BCUT2D eigenvalue weighted by atomic mass is 79.9. The Morgan fingerprint density at radius 2 is 1.89 bits per heavy atom. The molecule has 2 rings (SSSR count). The second-order valence-electron chi connectivity index (χ2n) is 4.62. The van der Waals surface area contributed by atoms with Crippen LogP contribution in [0.3, 0.4) is 0 Å². The maximum absolute atomic E-state index is 12.6. The lowest BCUT2D eigenvalue weighted by molar-refractivity contribution is -0.254. The molecule has 0 saturated carbocycles. The number of likely N-dealkylation sites (tertiary alicyclic amines) is 1. The molecule has 1 aliphatic rings. The number of β-amino-alcohol motifs (C(OH)–C–C–N with tert-alkyl or cyclic N) is 1. The van der Waals surface area contributed by atoms with Crippen LogP contribution in [0.2, 0.25) is 0 Å². The molecule has 1 saturated heterocycles. The normalized spacial score (nSPS) is 25.6. The molecule has 0 bridgehead atoms. The summed E-state index contributed by atoms with van der Waals surface area (Å²) in [7, 11) is 0. The lowest BCUT2D eigenvalue weighted by atomic mass is 10.0. The minimum Gasteiger partial charge on any atom is -0.379 e. The van der Waals surface area contributed by atoms with Gasteiger partial charge in [-0.3, -0.25) is 4.90 Å². The summed E-state index contributed by atoms with van der Waals surface area (Å²) in [5, 5.41) is 9.55. The predicted octanol–water partition coefficient (Wildman–Crippen LogP) is 2.95. The van der Waals surface area contributed by atoms with Gasteiger partial charge in [0.15, 0.2) is 5.60 Å². The highest BCUT2D eigenvalue weighted by Crippen LogP contribution is 2.37. The molecule has 1 aliphatic heterocycles. The van der Waals surface area contributed by atoms with E-state index in [1.807, 2.05) is 24.3 Å². The van der Waals surface area contributed by atoms with E-state index in [0.717, 1.165) is 10.0 Å². The SMILES string of the molecule is OC1(C(F)(F)F)CCN(Cc2ccc(Br)cc2)C1. The number of aliphatic hydroxyl groups is 1. The Morgan fingerprint density at radius 1 is 1.28 bits per heavy atom. The molecule has 1 unspecified atom stereocenters. The van der Waals surface area contributed by atoms with Gasteiger partial charge in [-0.1, -0.05) is 28.1 Å². The van der Waals surface area contributed by atoms with Crippen LogP contribution in [0.1, 0.15) is 12.0 Å². The van der Waals surface area contributed by atoms with Gasteiger partial charge in [-0.25, -0.2) is 0 Å². The molecule has 6 heteroatoms. The van der Waals surface area contributed by atoms with Gasteiger partial charge in [-0.15, -0.1) is 0 Å². The molecule has 0 aromatic heterocycles. The molecule has 1 aromatic rings. The standard InChI is InChI=1S/C12H13BrF3NO/c13-10-3-1-9(2-4-10)7-17-6-5-11(18,8-17)12(14,15)16/h1-4,18H,5-8H2. The Kier molecular flexibility index (Phi) is 3.71. The van der Waals surface area contributed by atoms with Crippen LogP contribution in [0.5, 0.6) is 0 Å². The Hall–Kier alpha value is -0.590. The topological polar surface area (TPSA) is 23.5 Å². The minimum absolute atomic E-state index is 0.256. The van der Waals surface area contributed by atoms with Crippen molar-refractivity contribution in [3.05, 3.63) is 34.3 Å². The van der Waals surface area contributed by atoms with Crippen molar-refractivity contribution in [3.63, 3.8) is 0 Å². The first-order chi connectivity index (χ1) is 8.30. The number of alkyl halides is 3. The monoisotopic (exact) mass is 323 g/mol. The van der Waals surface area contributed by atoms with Gasteiger partial charge in [0, 0.05) is 24.1 Å². The smallest absolute Gasteiger partial charge is 0.379 e. The van der Waals surface area contributed by atoms with Gasteiger partial charge in [0.25, 0.3) is 0 Å². The number of halogens is 4. The average Bonchev–Trinajstić information content (AvgIpc) is 2.64. The van der Waals surface area contributed by atoms with Crippen molar-refractivity contribution < 1.29 is 18.3 Å². The fourth-order valence-electron chi connectivity index (χ4n) is 2.09. The second kappa shape index (κ2) is 4.83. The first-order valence-corrected chi connectivity index (χ1v) is 6.35. The molecule has 18 heavy (non-hydrogen) atoms. The van der Waals surface area contributed by atoms with Gasteiger partial charge >= 0.3 is 6.18 Å². The summed E-state index contributed by atoms with van der Waals surface area (Å²) in [6.45, 7) is 0.324. The van der Waals surface area contributed by atoms with Gasteiger partial charge in [-0.05, 0) is 24.1 Å². The first kappa shape index (κ1) is 13.8. The predicted molar refractivity (Wildman–Crippen MR) is 65.0 cm³/mol. The molecule has 1 heterocycles. The van der Waals surface area contributed by atoms with E-state index < -0.39 is 11.8 Å². The zero-order valence-corrected chi connectivity index (χ0v) is 11.1. The van der Waals surface area contributed by atoms with E-state index in [9.17, 15) is 18.3 Å². The molecule has 1 aromatic carbocycles. The summed E-state index contributed by atoms with van der Waals surface area (Å²) in [4.78, 5) is 1.62. The highest BCUT2D eigenvalue weighted by molar-refractivity contribution is 9.10. The van der Waals surface area contributed by atoms with Crippen molar-refractivity contribution in [1.82, 2.24) is 4.90 Å². The molecular formula is C12H13BrF3NO. The van der Waals surface area contributed by atoms with E-state index in [-0.39, 0.29) is 19.5 Å². The molecule has 0 amide bonds. The first-order valence-electron chi connectivity index (χ1n) is 5.56. The van der Waals surface area contributed by atoms with Crippen molar-refractivity contribution in [2.24, 2.45) is 0 Å². The summed E-state index contributed by atoms with van der Waals surface area (Å²) in [6.07, 6.45) is -4.81. The molecule has 1 N–H and O–H groups in total. The van der Waals surface area contributed by atoms with Crippen LogP contribution < -0.4 is 0 Å². The van der Waals surface area contributed by atoms with Crippen LogP contribution in [0.25, 0.3) is 0 Å². The molecule has 0 radical (unpaired) electrons. The lowest BCUT2D eigenvalue weighted by Crippen LogP contribution is -2.47. The maximum Gasteiger partial charge on any atom is 0.418 e. The molecule has 0 aliphatic carbocycles. The van der Waals surface area contributed by atoms with Gasteiger partial charge < -0.3 is 5.11 Å². The van der Waals surface area contributed by atoms with Crippen molar-refractivity contribution in [1.29, 1.82) is 0 Å². The third-order valence-corrected chi connectivity index (χ3v) is 3.70. The Labute approximate surface area is 112 Å². The van der Waals surface area contributed by atoms with Crippen molar-refractivity contribution >= 4 is 15.9 Å². The van der Waals surface area contributed by atoms with Crippen LogP contribution in [-0.4, -0.2) is 34.9 Å². The maximum atomic E-state index is 12.6. The fraction of sp³-hybridized carbons (Fsp3) is 0.500. The Balaban J connectivity index is 2.00. The van der Waals surface area contributed by atoms with Crippen LogP contribution in [0.15, 0.2) is 28.7 Å². The summed E-state index contributed by atoms with van der Waals surface area (Å²) < 4.78 is 38.8. The van der Waals surface area contributed by atoms with E-state index in [4.69, 9.17) is 0 Å². The Bertz CT molecular complexity index is 420. The number of hydrogen-bond donors (Lipinski definition) is 1. The van der Waals surface area contributed by atoms with Crippen LogP contribution in [-0.2, 0) is 6.54 Å². The molecule has 1 atom stereocenters. The molecule has 1 fully saturated rings. The van der Waals surface area contributed by atoms with Gasteiger partial charge in [-0.2, -0.15) is 13.2 Å². The number of nitrogens with zero attached hydrogens (tertiary/aromatic N) is 1. The third kappa shape index (κ3) is 2.87. The average molecular weight is 324 g/mol. The number of rotatable bonds is 2. The molecular weight excluding hydrogens is 311 g/mol. The highest BCUT2D eigenvalue weighted by Gasteiger charge is 2.56. The molecule has 2 nitrogen and oxygen atoms in total. The largest absolute Gasteiger partial charge is 0.418 e. The second-order valence-corrected chi connectivity index (χ2v) is 5.53. The fourth-order valence-corrected chi connectivity index (χ4v) is 2.35. The third-order valence-electron chi connectivity index (χ3n) is 3.17. The summed E-state index contributed by atoms with van der Waals surface area (Å²) in [6, 6.07) is 7.41. The summed E-state index contributed by atoms with van der Waals surface area (Å²) in [5.41, 5.74) is -1.62. The number of hydrogen-bond acceptors (Lipinski definition) is 2. The van der Waals surface area contributed by atoms with Crippen LogP contribution in [0.4, 0.5) is 13.2 Å². The van der Waals surface area contributed by atoms with E-state index >= 15 is 0 Å². The molecule has 0 spiro atoms. The van der Waals surface area contributed by atoms with Gasteiger partial charge in [0.05, 0.1) is 0 Å². The van der Waals surface area contributed by atoms with E-state index in [2.05, 4.69) is 15.9 Å². The summed E-state index contributed by atoms with van der Waals surface area (Å²) in [5.74, 6) is 0. The number of benzene rings is 1. The quantitative estimate of drug-likeness (QED) is 0.904. The molecule has 100 valence electrons. The van der Waals surface area contributed by atoms with Gasteiger partial charge in [0.1, 0.15) is 0 Å². The summed E-state index contributed by atoms with van der Waals surface area (Å²) >= 11 is 3.30. The van der Waals surface area contributed by atoms with E-state index in [1.165, 1.54) is 0 Å². The lowest BCUT2D eigenvalue weighted by Gasteiger charge is -2.26. The zero-order chi connectivity index (χ0) is 13.4. The van der Waals surface area contributed by atoms with Crippen molar-refractivity contribution in [2.45, 2.75) is 24.7 Å².